The number of carboxylic acids is 1. The van der Waals surface area contributed by atoms with Crippen LogP contribution < -0.4 is 4.90 Å². The normalized spacial score (nSPS) is 15.5. The summed E-state index contributed by atoms with van der Waals surface area (Å²) in [5.74, 6) is -0.438. The number of aromatic nitrogens is 2. The van der Waals surface area contributed by atoms with Crippen LogP contribution in [0.5, 0.6) is 0 Å². The summed E-state index contributed by atoms with van der Waals surface area (Å²) in [5.41, 5.74) is 1.66. The number of hydrogen-bond acceptors (Lipinski definition) is 4. The molecule has 1 saturated carbocycles. The summed E-state index contributed by atoms with van der Waals surface area (Å²) in [6, 6.07) is 0.407. The van der Waals surface area contributed by atoms with Crippen LogP contribution in [-0.4, -0.2) is 34.4 Å². The van der Waals surface area contributed by atoms with Crippen molar-refractivity contribution in [2.45, 2.75) is 39.2 Å². The number of rotatable bonds is 3. The predicted octanol–water partition coefficient (Wildman–Crippen LogP) is 1.78. The molecule has 0 aromatic carbocycles. The Labute approximate surface area is 100 Å². The standard InChI is InChI=1S/C12H17N3O2/c1-7-8(2)13-14-11(10(7)12(16)17)15(3)9-5-4-6-9/h9H,4-6H2,1-3H3,(H,16,17). The lowest BCUT2D eigenvalue weighted by Gasteiger charge is -2.36. The third-order valence-corrected chi connectivity index (χ3v) is 3.61. The van der Waals surface area contributed by atoms with Gasteiger partial charge in [0.15, 0.2) is 5.82 Å². The third-order valence-electron chi connectivity index (χ3n) is 3.61. The average Bonchev–Trinajstić information content (AvgIpc) is 2.18. The van der Waals surface area contributed by atoms with Gasteiger partial charge in [-0.05, 0) is 38.7 Å². The Morgan fingerprint density at radius 2 is 2.00 bits per heavy atom. The number of aromatic carboxylic acids is 1. The lowest BCUT2D eigenvalue weighted by molar-refractivity contribution is 0.0695. The monoisotopic (exact) mass is 235 g/mol. The first kappa shape index (κ1) is 11.8. The van der Waals surface area contributed by atoms with Crippen LogP contribution in [0.25, 0.3) is 0 Å². The lowest BCUT2D eigenvalue weighted by atomic mass is 9.91. The number of anilines is 1. The van der Waals surface area contributed by atoms with E-state index in [4.69, 9.17) is 0 Å². The van der Waals surface area contributed by atoms with Gasteiger partial charge in [-0.2, -0.15) is 5.10 Å². The van der Waals surface area contributed by atoms with Crippen molar-refractivity contribution in [2.24, 2.45) is 0 Å². The zero-order valence-electron chi connectivity index (χ0n) is 10.4. The Morgan fingerprint density at radius 3 is 2.47 bits per heavy atom. The molecule has 1 aliphatic rings. The smallest absolute Gasteiger partial charge is 0.339 e. The Bertz CT molecular complexity index is 455. The minimum atomic E-state index is -0.929. The maximum Gasteiger partial charge on any atom is 0.339 e. The first-order chi connectivity index (χ1) is 8.02. The molecule has 1 fully saturated rings. The van der Waals surface area contributed by atoms with Gasteiger partial charge in [-0.1, -0.05) is 0 Å². The highest BCUT2D eigenvalue weighted by Crippen LogP contribution is 2.30. The van der Waals surface area contributed by atoms with Crippen molar-refractivity contribution in [1.29, 1.82) is 0 Å². The second-order valence-electron chi connectivity index (χ2n) is 4.61. The zero-order valence-corrected chi connectivity index (χ0v) is 10.4. The van der Waals surface area contributed by atoms with Crippen LogP contribution in [0.1, 0.15) is 40.9 Å². The van der Waals surface area contributed by atoms with E-state index in [1.165, 1.54) is 6.42 Å². The topological polar surface area (TPSA) is 66.3 Å². The van der Waals surface area contributed by atoms with Crippen LogP contribution in [0.2, 0.25) is 0 Å². The maximum atomic E-state index is 11.3. The molecule has 0 bridgehead atoms. The van der Waals surface area contributed by atoms with E-state index in [0.29, 0.717) is 23.1 Å². The minimum Gasteiger partial charge on any atom is -0.478 e. The Morgan fingerprint density at radius 1 is 1.35 bits per heavy atom. The van der Waals surface area contributed by atoms with Gasteiger partial charge in [-0.15, -0.1) is 5.10 Å². The second kappa shape index (κ2) is 4.31. The van der Waals surface area contributed by atoms with Gasteiger partial charge in [0.25, 0.3) is 0 Å². The third kappa shape index (κ3) is 1.97. The van der Waals surface area contributed by atoms with Crippen LogP contribution in [-0.2, 0) is 0 Å². The molecule has 92 valence electrons. The van der Waals surface area contributed by atoms with E-state index in [1.54, 1.807) is 13.8 Å². The fraction of sp³-hybridized carbons (Fsp3) is 0.583. The quantitative estimate of drug-likeness (QED) is 0.865. The van der Waals surface area contributed by atoms with Gasteiger partial charge in [0.05, 0.1) is 5.69 Å². The van der Waals surface area contributed by atoms with Gasteiger partial charge < -0.3 is 10.0 Å². The summed E-state index contributed by atoms with van der Waals surface area (Å²) < 4.78 is 0. The van der Waals surface area contributed by atoms with Crippen molar-refractivity contribution in [1.82, 2.24) is 10.2 Å². The van der Waals surface area contributed by atoms with Crippen LogP contribution in [0, 0.1) is 13.8 Å². The van der Waals surface area contributed by atoms with Crippen molar-refractivity contribution < 1.29 is 9.90 Å². The molecule has 1 aromatic heterocycles. The van der Waals surface area contributed by atoms with Crippen molar-refractivity contribution in [3.05, 3.63) is 16.8 Å². The largest absolute Gasteiger partial charge is 0.478 e. The van der Waals surface area contributed by atoms with Crippen LogP contribution in [0.15, 0.2) is 0 Å². The van der Waals surface area contributed by atoms with Gasteiger partial charge in [0.2, 0.25) is 0 Å². The number of hydrogen-bond donors (Lipinski definition) is 1. The number of aryl methyl sites for hydroxylation is 1. The average molecular weight is 235 g/mol. The molecule has 0 spiro atoms. The SMILES string of the molecule is Cc1nnc(N(C)C2CCC2)c(C(=O)O)c1C. The van der Waals surface area contributed by atoms with E-state index in [9.17, 15) is 9.90 Å². The predicted molar refractivity (Wildman–Crippen MR) is 64.5 cm³/mol. The molecule has 0 aliphatic heterocycles. The summed E-state index contributed by atoms with van der Waals surface area (Å²) >= 11 is 0. The second-order valence-corrected chi connectivity index (χ2v) is 4.61. The maximum absolute atomic E-state index is 11.3. The minimum absolute atomic E-state index is 0.284. The van der Waals surface area contributed by atoms with E-state index < -0.39 is 5.97 Å². The first-order valence-electron chi connectivity index (χ1n) is 5.82. The van der Waals surface area contributed by atoms with Crippen LogP contribution >= 0.6 is 0 Å². The lowest BCUT2D eigenvalue weighted by Crippen LogP contribution is -2.39. The molecule has 5 heteroatoms. The molecule has 17 heavy (non-hydrogen) atoms. The Kier molecular flexibility index (Phi) is 3.00. The van der Waals surface area contributed by atoms with Gasteiger partial charge in [0, 0.05) is 13.1 Å². The van der Waals surface area contributed by atoms with Gasteiger partial charge in [-0.25, -0.2) is 4.79 Å². The summed E-state index contributed by atoms with van der Waals surface area (Å²) in [7, 11) is 1.90. The Balaban J connectivity index is 2.45. The molecular formula is C12H17N3O2. The van der Waals surface area contributed by atoms with E-state index in [-0.39, 0.29) is 5.56 Å². The number of nitrogens with zero attached hydrogens (tertiary/aromatic N) is 3. The molecule has 1 aliphatic carbocycles. The summed E-state index contributed by atoms with van der Waals surface area (Å²) in [6.45, 7) is 3.56. The molecular weight excluding hydrogens is 218 g/mol. The molecule has 0 saturated heterocycles. The molecule has 1 N–H and O–H groups in total. The molecule has 0 amide bonds. The first-order valence-corrected chi connectivity index (χ1v) is 5.82. The summed E-state index contributed by atoms with van der Waals surface area (Å²) in [5, 5.41) is 17.4. The summed E-state index contributed by atoms with van der Waals surface area (Å²) in [6.07, 6.45) is 3.41. The van der Waals surface area contributed by atoms with E-state index in [1.807, 2.05) is 11.9 Å². The van der Waals surface area contributed by atoms with E-state index in [2.05, 4.69) is 10.2 Å². The van der Waals surface area contributed by atoms with Crippen molar-refractivity contribution in [2.75, 3.05) is 11.9 Å². The van der Waals surface area contributed by atoms with Crippen LogP contribution in [0.4, 0.5) is 5.82 Å². The zero-order chi connectivity index (χ0) is 12.6. The van der Waals surface area contributed by atoms with Crippen molar-refractivity contribution in [3.8, 4) is 0 Å². The molecule has 0 atom stereocenters. The van der Waals surface area contributed by atoms with Crippen LogP contribution in [0.3, 0.4) is 0 Å². The highest BCUT2D eigenvalue weighted by atomic mass is 16.4. The summed E-state index contributed by atoms with van der Waals surface area (Å²) in [4.78, 5) is 13.3. The number of carboxylic acid groups (broad SMARTS) is 1. The van der Waals surface area contributed by atoms with Crippen molar-refractivity contribution >= 4 is 11.8 Å². The van der Waals surface area contributed by atoms with Gasteiger partial charge in [0.1, 0.15) is 5.56 Å². The van der Waals surface area contributed by atoms with Gasteiger partial charge in [-0.3, -0.25) is 0 Å². The molecule has 0 radical (unpaired) electrons. The van der Waals surface area contributed by atoms with Crippen molar-refractivity contribution in [3.63, 3.8) is 0 Å². The Hall–Kier alpha value is -1.65. The fourth-order valence-corrected chi connectivity index (χ4v) is 2.05. The molecule has 5 nitrogen and oxygen atoms in total. The molecule has 0 unspecified atom stereocenters. The number of carbonyl (C=O) groups is 1. The van der Waals surface area contributed by atoms with E-state index in [0.717, 1.165) is 12.8 Å². The molecule has 1 heterocycles. The fourth-order valence-electron chi connectivity index (χ4n) is 2.05. The van der Waals surface area contributed by atoms with Gasteiger partial charge >= 0.3 is 5.97 Å². The highest BCUT2D eigenvalue weighted by Gasteiger charge is 2.28. The highest BCUT2D eigenvalue weighted by molar-refractivity contribution is 5.95. The molecule has 1 aromatic rings. The molecule has 2 rings (SSSR count). The van der Waals surface area contributed by atoms with E-state index >= 15 is 0 Å².